The number of hydrogen-bond donors (Lipinski definition) is 0. The normalized spacial score (nSPS) is 24.8. The molecule has 3 aliphatic rings. The maximum absolute atomic E-state index is 11.7. The van der Waals surface area contributed by atoms with E-state index in [-0.39, 0.29) is 36.2 Å². The second-order valence-electron chi connectivity index (χ2n) is 4.32. The van der Waals surface area contributed by atoms with E-state index in [1.165, 1.54) is 34.3 Å². The molecule has 0 aromatic rings. The van der Waals surface area contributed by atoms with Crippen molar-refractivity contribution < 1.29 is 19.2 Å². The van der Waals surface area contributed by atoms with E-state index in [9.17, 15) is 19.2 Å². The molecule has 18 heavy (non-hydrogen) atoms. The van der Waals surface area contributed by atoms with Crippen molar-refractivity contribution in [2.75, 3.05) is 13.1 Å². The van der Waals surface area contributed by atoms with Crippen molar-refractivity contribution in [1.29, 1.82) is 0 Å². The summed E-state index contributed by atoms with van der Waals surface area (Å²) < 4.78 is 0. The van der Waals surface area contributed by atoms with Gasteiger partial charge in [-0.15, -0.1) is 0 Å². The third kappa shape index (κ3) is 2.00. The summed E-state index contributed by atoms with van der Waals surface area (Å²) in [5, 5.41) is 5.41. The average molecular weight is 254 g/mol. The highest BCUT2D eigenvalue weighted by molar-refractivity contribution is 5.98. The molecule has 8 heteroatoms. The fourth-order valence-electron chi connectivity index (χ4n) is 2.01. The molecule has 2 amide bonds. The molecule has 0 saturated carbocycles. The first-order valence-electron chi connectivity index (χ1n) is 5.61. The summed E-state index contributed by atoms with van der Waals surface area (Å²) in [6, 6.07) is 0. The summed E-state index contributed by atoms with van der Waals surface area (Å²) in [6.07, 6.45) is -0.385. The summed E-state index contributed by atoms with van der Waals surface area (Å²) in [4.78, 5) is 45.2. The van der Waals surface area contributed by atoms with Gasteiger partial charge >= 0.3 is 0 Å². The molecule has 3 rings (SSSR count). The maximum atomic E-state index is 11.7. The fraction of sp³-hybridized carbons (Fsp3) is 0.600. The first-order valence-corrected chi connectivity index (χ1v) is 5.61. The number of nitrogens with zero attached hydrogens (tertiary/aromatic N) is 4. The maximum Gasteiger partial charge on any atom is 0.262 e. The number of rotatable bonds is 4. The Morgan fingerprint density at radius 3 is 1.39 bits per heavy atom. The van der Waals surface area contributed by atoms with Gasteiger partial charge in [0.15, 0.2) is 0 Å². The number of carbonyl (C=O) groups excluding carboxylic acids is 4. The Kier molecular flexibility index (Phi) is 3.14. The highest BCUT2D eigenvalue weighted by Gasteiger charge is 2.54. The summed E-state index contributed by atoms with van der Waals surface area (Å²) in [7, 11) is 0. The number of hydrazine groups is 4. The first kappa shape index (κ1) is 12.7. The van der Waals surface area contributed by atoms with Gasteiger partial charge in [-0.1, -0.05) is 10.2 Å². The van der Waals surface area contributed by atoms with Gasteiger partial charge in [0.2, 0.25) is 0 Å². The van der Waals surface area contributed by atoms with Crippen molar-refractivity contribution in [1.82, 2.24) is 20.5 Å². The second kappa shape index (κ2) is 4.46. The molecular weight excluding hydrogens is 240 g/mol. The molecule has 0 atom stereocenters. The predicted molar refractivity (Wildman–Crippen MR) is 57.7 cm³/mol. The number of fused-ring (bicyclic) bond motifs is 1. The van der Waals surface area contributed by atoms with Gasteiger partial charge in [-0.05, 0) is 13.8 Å². The van der Waals surface area contributed by atoms with Crippen molar-refractivity contribution in [2.24, 2.45) is 0 Å². The average Bonchev–Trinajstić information content (AvgIpc) is 2.73. The standard InChI is InChI=1S/C10H14N4O4/c1-7(15)5-9(17)13-11-3-4-12(13)14(11)10(18)6-8(2)16/h3-6H2,1-2H3. The van der Waals surface area contributed by atoms with Gasteiger partial charge in [0, 0.05) is 0 Å². The lowest BCUT2D eigenvalue weighted by molar-refractivity contribution is -0.410. The highest BCUT2D eigenvalue weighted by atomic mass is 16.4. The van der Waals surface area contributed by atoms with Crippen LogP contribution in [0.1, 0.15) is 26.7 Å². The summed E-state index contributed by atoms with van der Waals surface area (Å²) in [6.45, 7) is 3.66. The molecule has 0 aromatic carbocycles. The quantitative estimate of drug-likeness (QED) is 0.592. The van der Waals surface area contributed by atoms with Gasteiger partial charge in [0.05, 0.1) is 25.9 Å². The van der Waals surface area contributed by atoms with Crippen LogP contribution in [0.5, 0.6) is 0 Å². The number of carbonyl (C=O) groups is 4. The van der Waals surface area contributed by atoms with E-state index in [1.807, 2.05) is 0 Å². The Labute approximate surface area is 104 Å². The Morgan fingerprint density at radius 1 is 0.778 bits per heavy atom. The Hall–Kier alpha value is -1.80. The van der Waals surface area contributed by atoms with Crippen molar-refractivity contribution in [3.05, 3.63) is 0 Å². The molecule has 0 unspecified atom stereocenters. The lowest BCUT2D eigenvalue weighted by Gasteiger charge is -2.51. The number of Topliss-reactive ketones (excluding diaryl/α,β-unsaturated/α-hetero) is 2. The number of hydrogen-bond acceptors (Lipinski definition) is 6. The number of ketones is 2. The zero-order valence-electron chi connectivity index (χ0n) is 10.3. The lowest BCUT2D eigenvalue weighted by atomic mass is 10.3. The summed E-state index contributed by atoms with van der Waals surface area (Å²) in [5.74, 6) is -1.19. The third-order valence-corrected chi connectivity index (χ3v) is 2.62. The van der Waals surface area contributed by atoms with Crippen LogP contribution in [0.3, 0.4) is 0 Å². The topological polar surface area (TPSA) is 81.2 Å². The largest absolute Gasteiger partial charge is 0.299 e. The summed E-state index contributed by atoms with van der Waals surface area (Å²) >= 11 is 0. The minimum absolute atomic E-state index is 0.193. The van der Waals surface area contributed by atoms with Crippen LogP contribution in [0.4, 0.5) is 0 Å². The molecule has 8 nitrogen and oxygen atoms in total. The van der Waals surface area contributed by atoms with Crippen molar-refractivity contribution in [3.8, 4) is 0 Å². The van der Waals surface area contributed by atoms with E-state index in [1.54, 1.807) is 0 Å². The van der Waals surface area contributed by atoms with Crippen LogP contribution < -0.4 is 0 Å². The van der Waals surface area contributed by atoms with Gasteiger partial charge in [0.25, 0.3) is 11.8 Å². The second-order valence-corrected chi connectivity index (χ2v) is 4.32. The van der Waals surface area contributed by atoms with Crippen LogP contribution in [0.25, 0.3) is 0 Å². The minimum Gasteiger partial charge on any atom is -0.299 e. The van der Waals surface area contributed by atoms with Crippen LogP contribution in [0, 0.1) is 0 Å². The molecule has 98 valence electrons. The molecule has 0 aliphatic carbocycles. The molecule has 0 spiro atoms. The first-order chi connectivity index (χ1) is 8.41. The van der Waals surface area contributed by atoms with E-state index in [0.29, 0.717) is 13.1 Å². The molecule has 0 N–H and O–H groups in total. The monoisotopic (exact) mass is 254 g/mol. The molecule has 3 fully saturated rings. The van der Waals surface area contributed by atoms with Gasteiger partial charge in [-0.25, -0.2) is 0 Å². The van der Waals surface area contributed by atoms with Crippen molar-refractivity contribution >= 4 is 23.4 Å². The SMILES string of the molecule is CC(=O)CC(=O)N1N2CCN1N2C(=O)CC(C)=O. The van der Waals surface area contributed by atoms with E-state index in [0.717, 1.165) is 0 Å². The summed E-state index contributed by atoms with van der Waals surface area (Å²) in [5.41, 5.74) is 0. The molecule has 3 saturated heterocycles. The van der Waals surface area contributed by atoms with Crippen LogP contribution in [0.2, 0.25) is 0 Å². The van der Waals surface area contributed by atoms with Crippen molar-refractivity contribution in [2.45, 2.75) is 26.7 Å². The molecule has 2 bridgehead atoms. The molecule has 3 aliphatic heterocycles. The van der Waals surface area contributed by atoms with Crippen LogP contribution in [0.15, 0.2) is 0 Å². The molecule has 3 heterocycles. The van der Waals surface area contributed by atoms with E-state index < -0.39 is 0 Å². The van der Waals surface area contributed by atoms with Gasteiger partial charge < -0.3 is 0 Å². The molecular formula is C10H14N4O4. The van der Waals surface area contributed by atoms with E-state index in [4.69, 9.17) is 0 Å². The minimum atomic E-state index is -0.369. The fourth-order valence-corrected chi connectivity index (χ4v) is 2.01. The Morgan fingerprint density at radius 2 is 1.11 bits per heavy atom. The highest BCUT2D eigenvalue weighted by Crippen LogP contribution is 2.31. The van der Waals surface area contributed by atoms with Crippen LogP contribution in [-0.4, -0.2) is 56.9 Å². The zero-order valence-corrected chi connectivity index (χ0v) is 10.3. The van der Waals surface area contributed by atoms with E-state index >= 15 is 0 Å². The molecule has 0 aromatic heterocycles. The van der Waals surface area contributed by atoms with Gasteiger partial charge in [-0.2, -0.15) is 10.2 Å². The molecule has 0 radical (unpaired) electrons. The van der Waals surface area contributed by atoms with Gasteiger partial charge in [-0.3, -0.25) is 19.2 Å². The van der Waals surface area contributed by atoms with Crippen LogP contribution >= 0.6 is 0 Å². The zero-order chi connectivity index (χ0) is 13.4. The van der Waals surface area contributed by atoms with Crippen molar-refractivity contribution in [3.63, 3.8) is 0 Å². The smallest absolute Gasteiger partial charge is 0.262 e. The van der Waals surface area contributed by atoms with Crippen LogP contribution in [-0.2, 0) is 19.2 Å². The number of amides is 2. The lowest BCUT2D eigenvalue weighted by Crippen LogP contribution is -2.73. The van der Waals surface area contributed by atoms with Gasteiger partial charge in [0.1, 0.15) is 11.6 Å². The Balaban J connectivity index is 1.98. The third-order valence-electron chi connectivity index (χ3n) is 2.62. The Bertz CT molecular complexity index is 388. The van der Waals surface area contributed by atoms with E-state index in [2.05, 4.69) is 0 Å². The predicted octanol–water partition coefficient (Wildman–Crippen LogP) is -1.11.